The molecule has 4 aromatic carbocycles. The van der Waals surface area contributed by atoms with E-state index in [4.69, 9.17) is 14.2 Å². The molecular weight excluding hydrogens is 552 g/mol. The predicted octanol–water partition coefficient (Wildman–Crippen LogP) is 3.49. The van der Waals surface area contributed by atoms with Crippen LogP contribution < -0.4 is 14.2 Å². The van der Waals surface area contributed by atoms with E-state index in [2.05, 4.69) is 0 Å². The van der Waals surface area contributed by atoms with E-state index < -0.39 is 35.9 Å². The van der Waals surface area contributed by atoms with Gasteiger partial charge in [-0.05, 0) is 35.4 Å². The van der Waals surface area contributed by atoms with E-state index in [1.807, 2.05) is 0 Å². The summed E-state index contributed by atoms with van der Waals surface area (Å²) < 4.78 is 17.8. The van der Waals surface area contributed by atoms with E-state index in [-0.39, 0.29) is 70.2 Å². The predicted molar refractivity (Wildman–Crippen MR) is 144 cm³/mol. The second kappa shape index (κ2) is 10.0. The van der Waals surface area contributed by atoms with Gasteiger partial charge in [0, 0.05) is 42.2 Å². The molecule has 0 saturated carbocycles. The van der Waals surface area contributed by atoms with Crippen molar-refractivity contribution in [2.24, 2.45) is 0 Å². The van der Waals surface area contributed by atoms with Crippen LogP contribution in [0, 0.1) is 0 Å². The standard InChI is InChI=1S/C30H26O12/c31-14-7-19(34)15-9-22(37)27(40-25(15)8-14)13-2-4-18(33)26(6-13)41-30-24(39)11-20(35)16-10-23(38)28(42-29(16)30)12-1-3-17(32)21(36)5-12/h1-8,11,22-23,27-28,31-39H,9-10H2/t22-,23-,27+,28+/m0/s1. The number of hydrogen-bond acceptors (Lipinski definition) is 12. The summed E-state index contributed by atoms with van der Waals surface area (Å²) in [5, 5.41) is 93.0. The lowest BCUT2D eigenvalue weighted by Gasteiger charge is -2.33. The van der Waals surface area contributed by atoms with Gasteiger partial charge in [-0.15, -0.1) is 0 Å². The second-order valence-electron chi connectivity index (χ2n) is 10.2. The number of hydrogen-bond donors (Lipinski definition) is 9. The molecule has 0 unspecified atom stereocenters. The van der Waals surface area contributed by atoms with Gasteiger partial charge in [0.05, 0.1) is 12.2 Å². The molecule has 0 amide bonds. The van der Waals surface area contributed by atoms with Crippen LogP contribution in [0.1, 0.15) is 34.5 Å². The van der Waals surface area contributed by atoms with Gasteiger partial charge < -0.3 is 60.2 Å². The third-order valence-electron chi connectivity index (χ3n) is 7.34. The summed E-state index contributed by atoms with van der Waals surface area (Å²) in [6, 6.07) is 11.4. The number of aliphatic hydroxyl groups excluding tert-OH is 2. The lowest BCUT2D eigenvalue weighted by Crippen LogP contribution is -2.30. The van der Waals surface area contributed by atoms with Gasteiger partial charge in [-0.2, -0.15) is 0 Å². The van der Waals surface area contributed by atoms with Crippen LogP contribution >= 0.6 is 0 Å². The van der Waals surface area contributed by atoms with Crippen molar-refractivity contribution in [3.05, 3.63) is 76.9 Å². The number of phenols is 7. The number of aliphatic hydroxyl groups is 2. The Morgan fingerprint density at radius 3 is 1.90 bits per heavy atom. The van der Waals surface area contributed by atoms with Crippen LogP contribution in [0.2, 0.25) is 0 Å². The third-order valence-corrected chi connectivity index (χ3v) is 7.34. The van der Waals surface area contributed by atoms with Crippen LogP contribution in [-0.2, 0) is 12.8 Å². The SMILES string of the molecule is Oc1cc(O)c2c(c1)O[C@H](c1ccc(O)c(Oc3c(O)cc(O)c4c3O[C@H](c3ccc(O)c(O)c3)[C@@H](O)C4)c1)[C@@H](O)C2. The summed E-state index contributed by atoms with van der Waals surface area (Å²) in [5.74, 6) is -2.96. The van der Waals surface area contributed by atoms with Gasteiger partial charge in [0.1, 0.15) is 29.1 Å². The zero-order valence-corrected chi connectivity index (χ0v) is 21.7. The van der Waals surface area contributed by atoms with Crippen LogP contribution in [-0.4, -0.2) is 58.2 Å². The Morgan fingerprint density at radius 1 is 0.571 bits per heavy atom. The average molecular weight is 579 g/mol. The van der Waals surface area contributed by atoms with Crippen LogP contribution in [0.25, 0.3) is 0 Å². The minimum Gasteiger partial charge on any atom is -0.508 e. The first-order chi connectivity index (χ1) is 20.0. The van der Waals surface area contributed by atoms with Crippen molar-refractivity contribution in [3.8, 4) is 63.2 Å². The Hall–Kier alpha value is -5.20. The highest BCUT2D eigenvalue weighted by Crippen LogP contribution is 2.52. The highest BCUT2D eigenvalue weighted by molar-refractivity contribution is 5.64. The van der Waals surface area contributed by atoms with Crippen molar-refractivity contribution in [2.75, 3.05) is 0 Å². The molecule has 42 heavy (non-hydrogen) atoms. The molecular formula is C30H26O12. The Bertz CT molecular complexity index is 1700. The van der Waals surface area contributed by atoms with Gasteiger partial charge >= 0.3 is 0 Å². The number of benzene rings is 4. The monoisotopic (exact) mass is 578 g/mol. The van der Waals surface area contributed by atoms with E-state index in [9.17, 15) is 46.0 Å². The zero-order chi connectivity index (χ0) is 29.9. The molecule has 0 aliphatic carbocycles. The summed E-state index contributed by atoms with van der Waals surface area (Å²) in [4.78, 5) is 0. The van der Waals surface area contributed by atoms with Crippen molar-refractivity contribution in [2.45, 2.75) is 37.3 Å². The van der Waals surface area contributed by atoms with E-state index in [1.54, 1.807) is 0 Å². The van der Waals surface area contributed by atoms with Crippen molar-refractivity contribution in [3.63, 3.8) is 0 Å². The number of phenolic OH excluding ortho intramolecular Hbond substituents is 7. The van der Waals surface area contributed by atoms with E-state index in [0.29, 0.717) is 16.7 Å². The van der Waals surface area contributed by atoms with E-state index >= 15 is 0 Å². The maximum absolute atomic E-state index is 10.8. The molecule has 0 aromatic heterocycles. The molecule has 12 heteroatoms. The fourth-order valence-electron chi connectivity index (χ4n) is 5.25. The number of ether oxygens (including phenoxy) is 3. The average Bonchev–Trinajstić information content (AvgIpc) is 2.93. The largest absolute Gasteiger partial charge is 0.508 e. The molecule has 6 rings (SSSR count). The molecule has 4 atom stereocenters. The Morgan fingerprint density at radius 2 is 1.19 bits per heavy atom. The fraction of sp³-hybridized carbons (Fsp3) is 0.200. The highest BCUT2D eigenvalue weighted by atomic mass is 16.5. The first-order valence-corrected chi connectivity index (χ1v) is 12.8. The van der Waals surface area contributed by atoms with Crippen molar-refractivity contribution >= 4 is 0 Å². The quantitative estimate of drug-likeness (QED) is 0.159. The van der Waals surface area contributed by atoms with Gasteiger partial charge in [-0.3, -0.25) is 0 Å². The van der Waals surface area contributed by atoms with Gasteiger partial charge in [0.15, 0.2) is 40.6 Å². The van der Waals surface area contributed by atoms with E-state index in [0.717, 1.165) is 12.1 Å². The maximum Gasteiger partial charge on any atom is 0.211 e. The number of aromatic hydroxyl groups is 7. The van der Waals surface area contributed by atoms with Crippen LogP contribution in [0.5, 0.6) is 63.2 Å². The third kappa shape index (κ3) is 4.62. The van der Waals surface area contributed by atoms with Gasteiger partial charge in [0.25, 0.3) is 0 Å². The number of fused-ring (bicyclic) bond motifs is 2. The molecule has 2 heterocycles. The van der Waals surface area contributed by atoms with Crippen molar-refractivity contribution < 1.29 is 60.2 Å². The Labute approximate surface area is 237 Å². The first-order valence-electron chi connectivity index (χ1n) is 12.8. The molecule has 2 aliphatic rings. The van der Waals surface area contributed by atoms with Crippen molar-refractivity contribution in [1.82, 2.24) is 0 Å². The summed E-state index contributed by atoms with van der Waals surface area (Å²) in [5.41, 5.74) is 1.09. The van der Waals surface area contributed by atoms with Gasteiger partial charge in [-0.25, -0.2) is 0 Å². The van der Waals surface area contributed by atoms with Gasteiger partial charge in [-0.1, -0.05) is 12.1 Å². The summed E-state index contributed by atoms with van der Waals surface area (Å²) in [6.45, 7) is 0. The highest BCUT2D eigenvalue weighted by Gasteiger charge is 2.37. The molecule has 0 bridgehead atoms. The maximum atomic E-state index is 10.8. The topological polar surface area (TPSA) is 210 Å². The first kappa shape index (κ1) is 27.0. The molecule has 0 spiro atoms. The normalized spacial score (nSPS) is 21.0. The molecule has 4 aromatic rings. The minimum absolute atomic E-state index is 0.0137. The molecule has 9 N–H and O–H groups in total. The van der Waals surface area contributed by atoms with Crippen LogP contribution in [0.4, 0.5) is 0 Å². The second-order valence-corrected chi connectivity index (χ2v) is 10.2. The van der Waals surface area contributed by atoms with E-state index in [1.165, 1.54) is 42.5 Å². The molecule has 0 saturated heterocycles. The van der Waals surface area contributed by atoms with Gasteiger partial charge in [0.2, 0.25) is 5.75 Å². The van der Waals surface area contributed by atoms with Crippen LogP contribution in [0.15, 0.2) is 54.6 Å². The molecule has 12 nitrogen and oxygen atoms in total. The summed E-state index contributed by atoms with van der Waals surface area (Å²) in [7, 11) is 0. The smallest absolute Gasteiger partial charge is 0.211 e. The lowest BCUT2D eigenvalue weighted by atomic mass is 9.93. The fourth-order valence-corrected chi connectivity index (χ4v) is 5.25. The molecule has 0 radical (unpaired) electrons. The summed E-state index contributed by atoms with van der Waals surface area (Å²) in [6.07, 6.45) is -4.49. The van der Waals surface area contributed by atoms with Crippen molar-refractivity contribution in [1.29, 1.82) is 0 Å². The Kier molecular flexibility index (Phi) is 6.44. The minimum atomic E-state index is -1.19. The van der Waals surface area contributed by atoms with Crippen LogP contribution in [0.3, 0.4) is 0 Å². The Balaban J connectivity index is 1.35. The molecule has 218 valence electrons. The summed E-state index contributed by atoms with van der Waals surface area (Å²) >= 11 is 0. The lowest BCUT2D eigenvalue weighted by molar-refractivity contribution is 0.0179. The zero-order valence-electron chi connectivity index (χ0n) is 21.7. The molecule has 2 aliphatic heterocycles. The molecule has 0 fully saturated rings. The number of rotatable bonds is 4.